The largest absolute Gasteiger partial charge is 0.360 e. The SMILES string of the molecule is CC(=O)Cc1cccc2[nH]cc(Br)c12. The highest BCUT2D eigenvalue weighted by Crippen LogP contribution is 2.27. The summed E-state index contributed by atoms with van der Waals surface area (Å²) in [7, 11) is 0. The number of aromatic nitrogens is 1. The molecule has 0 fully saturated rings. The molecule has 0 bridgehead atoms. The molecule has 2 rings (SSSR count). The molecule has 1 aromatic carbocycles. The average Bonchev–Trinajstić information content (AvgIpc) is 2.48. The van der Waals surface area contributed by atoms with E-state index >= 15 is 0 Å². The zero-order valence-electron chi connectivity index (χ0n) is 7.80. The molecule has 0 spiro atoms. The second-order valence-electron chi connectivity index (χ2n) is 3.36. The van der Waals surface area contributed by atoms with Crippen molar-refractivity contribution in [3.63, 3.8) is 0 Å². The number of nitrogens with one attached hydrogen (secondary N) is 1. The first-order valence-corrected chi connectivity index (χ1v) is 5.21. The van der Waals surface area contributed by atoms with Crippen LogP contribution in [-0.2, 0) is 11.2 Å². The molecular formula is C11H10BrNO. The van der Waals surface area contributed by atoms with E-state index < -0.39 is 0 Å². The van der Waals surface area contributed by atoms with Crippen LogP contribution in [0.15, 0.2) is 28.9 Å². The van der Waals surface area contributed by atoms with Gasteiger partial charge >= 0.3 is 0 Å². The topological polar surface area (TPSA) is 32.9 Å². The van der Waals surface area contributed by atoms with Gasteiger partial charge in [0.15, 0.2) is 0 Å². The van der Waals surface area contributed by atoms with Crippen molar-refractivity contribution in [1.29, 1.82) is 0 Å². The molecule has 0 radical (unpaired) electrons. The van der Waals surface area contributed by atoms with Crippen LogP contribution >= 0.6 is 15.9 Å². The number of hydrogen-bond acceptors (Lipinski definition) is 1. The fourth-order valence-electron chi connectivity index (χ4n) is 1.63. The third-order valence-corrected chi connectivity index (χ3v) is 2.81. The number of halogens is 1. The maximum absolute atomic E-state index is 11.1. The number of benzene rings is 1. The van der Waals surface area contributed by atoms with E-state index in [-0.39, 0.29) is 5.78 Å². The lowest BCUT2D eigenvalue weighted by Crippen LogP contribution is -1.96. The molecule has 1 aromatic heterocycles. The summed E-state index contributed by atoms with van der Waals surface area (Å²) in [5.74, 6) is 0.186. The summed E-state index contributed by atoms with van der Waals surface area (Å²) in [6.45, 7) is 1.61. The van der Waals surface area contributed by atoms with E-state index in [4.69, 9.17) is 0 Å². The van der Waals surface area contributed by atoms with Crippen molar-refractivity contribution in [3.8, 4) is 0 Å². The van der Waals surface area contributed by atoms with Crippen LogP contribution in [0, 0.1) is 0 Å². The van der Waals surface area contributed by atoms with Gasteiger partial charge in [-0.25, -0.2) is 0 Å². The molecule has 0 aliphatic heterocycles. The predicted octanol–water partition coefficient (Wildman–Crippen LogP) is 3.06. The van der Waals surface area contributed by atoms with Crippen LogP contribution < -0.4 is 0 Å². The molecular weight excluding hydrogens is 242 g/mol. The quantitative estimate of drug-likeness (QED) is 0.875. The molecule has 0 aliphatic carbocycles. The van der Waals surface area contributed by atoms with Crippen LogP contribution in [-0.4, -0.2) is 10.8 Å². The zero-order chi connectivity index (χ0) is 10.1. The minimum atomic E-state index is 0.186. The Morgan fingerprint density at radius 3 is 3.00 bits per heavy atom. The van der Waals surface area contributed by atoms with Crippen molar-refractivity contribution >= 4 is 32.6 Å². The molecule has 14 heavy (non-hydrogen) atoms. The fraction of sp³-hybridized carbons (Fsp3) is 0.182. The Balaban J connectivity index is 2.63. The van der Waals surface area contributed by atoms with Crippen LogP contribution in [0.2, 0.25) is 0 Å². The first-order valence-electron chi connectivity index (χ1n) is 4.42. The Morgan fingerprint density at radius 1 is 1.50 bits per heavy atom. The number of fused-ring (bicyclic) bond motifs is 1. The van der Waals surface area contributed by atoms with Crippen LogP contribution in [0.3, 0.4) is 0 Å². The van der Waals surface area contributed by atoms with Crippen molar-refractivity contribution < 1.29 is 4.79 Å². The smallest absolute Gasteiger partial charge is 0.134 e. The van der Waals surface area contributed by atoms with Gasteiger partial charge in [0.1, 0.15) is 5.78 Å². The minimum absolute atomic E-state index is 0.186. The lowest BCUT2D eigenvalue weighted by atomic mass is 10.1. The fourth-order valence-corrected chi connectivity index (χ4v) is 2.21. The first kappa shape index (κ1) is 9.46. The molecule has 2 nitrogen and oxygen atoms in total. The van der Waals surface area contributed by atoms with E-state index in [9.17, 15) is 4.79 Å². The summed E-state index contributed by atoms with van der Waals surface area (Å²) < 4.78 is 1.02. The second-order valence-corrected chi connectivity index (χ2v) is 4.21. The second kappa shape index (κ2) is 3.58. The molecule has 0 amide bonds. The predicted molar refractivity (Wildman–Crippen MR) is 60.4 cm³/mol. The molecule has 2 aromatic rings. The molecule has 0 aliphatic rings. The standard InChI is InChI=1S/C11H10BrNO/c1-7(14)5-8-3-2-4-10-11(8)9(12)6-13-10/h2-4,6,13H,5H2,1H3. The lowest BCUT2D eigenvalue weighted by molar-refractivity contribution is -0.116. The van der Waals surface area contributed by atoms with Crippen LogP contribution in [0.5, 0.6) is 0 Å². The van der Waals surface area contributed by atoms with Gasteiger partial charge < -0.3 is 4.98 Å². The van der Waals surface area contributed by atoms with Crippen molar-refractivity contribution in [1.82, 2.24) is 4.98 Å². The van der Waals surface area contributed by atoms with Crippen molar-refractivity contribution in [2.75, 3.05) is 0 Å². The monoisotopic (exact) mass is 251 g/mol. The van der Waals surface area contributed by atoms with Gasteiger partial charge in [0.25, 0.3) is 0 Å². The molecule has 0 saturated carbocycles. The Kier molecular flexibility index (Phi) is 2.42. The number of rotatable bonds is 2. The van der Waals surface area contributed by atoms with Gasteiger partial charge in [0.05, 0.1) is 0 Å². The highest BCUT2D eigenvalue weighted by molar-refractivity contribution is 9.10. The Bertz CT molecular complexity index is 487. The molecule has 0 saturated heterocycles. The number of ketones is 1. The molecule has 1 heterocycles. The van der Waals surface area contributed by atoms with Gasteiger partial charge in [-0.1, -0.05) is 12.1 Å². The maximum atomic E-state index is 11.1. The summed E-state index contributed by atoms with van der Waals surface area (Å²) >= 11 is 3.47. The van der Waals surface area contributed by atoms with Gasteiger partial charge in [-0.15, -0.1) is 0 Å². The number of carbonyl (C=O) groups excluding carboxylic acids is 1. The summed E-state index contributed by atoms with van der Waals surface area (Å²) in [5.41, 5.74) is 2.14. The molecule has 3 heteroatoms. The van der Waals surface area contributed by atoms with E-state index in [0.29, 0.717) is 6.42 Å². The van der Waals surface area contributed by atoms with E-state index in [1.54, 1.807) is 6.92 Å². The van der Waals surface area contributed by atoms with Crippen molar-refractivity contribution in [3.05, 3.63) is 34.4 Å². The van der Waals surface area contributed by atoms with Crippen molar-refractivity contribution in [2.24, 2.45) is 0 Å². The third-order valence-electron chi connectivity index (χ3n) is 2.18. The van der Waals surface area contributed by atoms with Crippen LogP contribution in [0.1, 0.15) is 12.5 Å². The Labute approximate surface area is 90.4 Å². The lowest BCUT2D eigenvalue weighted by Gasteiger charge is -2.00. The Morgan fingerprint density at radius 2 is 2.29 bits per heavy atom. The third kappa shape index (κ3) is 1.60. The molecule has 0 atom stereocenters. The molecule has 72 valence electrons. The highest BCUT2D eigenvalue weighted by Gasteiger charge is 2.07. The summed E-state index contributed by atoms with van der Waals surface area (Å²) in [4.78, 5) is 14.2. The number of Topliss-reactive ketones (excluding diaryl/α,β-unsaturated/α-hetero) is 1. The maximum Gasteiger partial charge on any atom is 0.134 e. The van der Waals surface area contributed by atoms with Crippen molar-refractivity contribution in [2.45, 2.75) is 13.3 Å². The number of H-pyrrole nitrogens is 1. The molecule has 1 N–H and O–H groups in total. The highest BCUT2D eigenvalue weighted by atomic mass is 79.9. The van der Waals surface area contributed by atoms with E-state index in [1.807, 2.05) is 24.4 Å². The van der Waals surface area contributed by atoms with E-state index in [1.165, 1.54) is 0 Å². The Hall–Kier alpha value is -1.09. The molecule has 0 unspecified atom stereocenters. The summed E-state index contributed by atoms with van der Waals surface area (Å²) in [6.07, 6.45) is 2.39. The van der Waals surface area contributed by atoms with Gasteiger partial charge in [-0.2, -0.15) is 0 Å². The summed E-state index contributed by atoms with van der Waals surface area (Å²) in [6, 6.07) is 5.95. The summed E-state index contributed by atoms with van der Waals surface area (Å²) in [5, 5.41) is 1.11. The van der Waals surface area contributed by atoms with Gasteiger partial charge in [0, 0.05) is 28.0 Å². The minimum Gasteiger partial charge on any atom is -0.360 e. The van der Waals surface area contributed by atoms with Gasteiger partial charge in [-0.3, -0.25) is 4.79 Å². The number of hydrogen-bond donors (Lipinski definition) is 1. The van der Waals surface area contributed by atoms with Gasteiger partial charge in [0.2, 0.25) is 0 Å². The van der Waals surface area contributed by atoms with Gasteiger partial charge in [-0.05, 0) is 34.5 Å². The number of carbonyl (C=O) groups is 1. The van der Waals surface area contributed by atoms with Crippen LogP contribution in [0.4, 0.5) is 0 Å². The first-order chi connectivity index (χ1) is 6.68. The average molecular weight is 252 g/mol. The van der Waals surface area contributed by atoms with E-state index in [0.717, 1.165) is 20.9 Å². The van der Waals surface area contributed by atoms with Crippen LogP contribution in [0.25, 0.3) is 10.9 Å². The van der Waals surface area contributed by atoms with E-state index in [2.05, 4.69) is 20.9 Å². The normalized spacial score (nSPS) is 10.7. The number of aromatic amines is 1. The zero-order valence-corrected chi connectivity index (χ0v) is 9.39.